The van der Waals surface area contributed by atoms with E-state index in [4.69, 9.17) is 4.74 Å². The molecule has 10 heteroatoms. The van der Waals surface area contributed by atoms with E-state index in [-0.39, 0.29) is 22.7 Å². The minimum atomic E-state index is -4.08. The lowest BCUT2D eigenvalue weighted by atomic mass is 10.1. The lowest BCUT2D eigenvalue weighted by molar-refractivity contribution is 0.0955. The van der Waals surface area contributed by atoms with E-state index in [9.17, 15) is 13.2 Å². The molecule has 0 aliphatic rings. The van der Waals surface area contributed by atoms with Crippen molar-refractivity contribution in [2.45, 2.75) is 25.3 Å². The molecule has 0 radical (unpaired) electrons. The van der Waals surface area contributed by atoms with Gasteiger partial charge in [0.25, 0.3) is 15.9 Å². The Balaban J connectivity index is 1.45. The number of sulfonamides is 1. The van der Waals surface area contributed by atoms with E-state index in [2.05, 4.69) is 31.0 Å². The van der Waals surface area contributed by atoms with Gasteiger partial charge in [0, 0.05) is 27.1 Å². The first-order valence-electron chi connectivity index (χ1n) is 13.8. The maximum atomic E-state index is 14.0. The van der Waals surface area contributed by atoms with Crippen LogP contribution in [0.4, 0.5) is 5.69 Å². The molecule has 5 rings (SSSR count). The van der Waals surface area contributed by atoms with Crippen molar-refractivity contribution < 1.29 is 17.9 Å². The number of nitrogens with zero attached hydrogens (tertiary/aromatic N) is 3. The molecular weight excluding hydrogens is 640 g/mol. The van der Waals surface area contributed by atoms with Gasteiger partial charge in [0.1, 0.15) is 5.75 Å². The smallest absolute Gasteiger partial charge is 0.273 e. The Bertz CT molecular complexity index is 1900. The molecule has 0 aliphatic carbocycles. The van der Waals surface area contributed by atoms with Crippen LogP contribution in [-0.4, -0.2) is 32.2 Å². The molecule has 224 valence electrons. The van der Waals surface area contributed by atoms with Gasteiger partial charge in [0.05, 0.1) is 36.0 Å². The zero-order chi connectivity index (χ0) is 31.3. The van der Waals surface area contributed by atoms with Gasteiger partial charge in [-0.2, -0.15) is 5.10 Å². The number of benzene rings is 4. The summed E-state index contributed by atoms with van der Waals surface area (Å²) in [6.07, 6.45) is 1.59. The van der Waals surface area contributed by atoms with Crippen LogP contribution >= 0.6 is 15.9 Å². The van der Waals surface area contributed by atoms with Crippen molar-refractivity contribution in [2.24, 2.45) is 5.10 Å². The third kappa shape index (κ3) is 6.61. The van der Waals surface area contributed by atoms with E-state index in [1.54, 1.807) is 42.6 Å². The van der Waals surface area contributed by atoms with E-state index in [0.29, 0.717) is 5.75 Å². The van der Waals surface area contributed by atoms with Gasteiger partial charge in [-0.25, -0.2) is 13.8 Å². The third-order valence-electron chi connectivity index (χ3n) is 7.16. The molecule has 0 unspecified atom stereocenters. The number of rotatable bonds is 10. The first-order valence-corrected chi connectivity index (χ1v) is 16.0. The number of halogens is 1. The Morgan fingerprint density at radius 2 is 1.59 bits per heavy atom. The van der Waals surface area contributed by atoms with Gasteiger partial charge >= 0.3 is 0 Å². The molecule has 0 saturated carbocycles. The summed E-state index contributed by atoms with van der Waals surface area (Å²) in [5.41, 5.74) is 7.58. The van der Waals surface area contributed by atoms with Gasteiger partial charge in [0.2, 0.25) is 0 Å². The van der Waals surface area contributed by atoms with Crippen LogP contribution in [0.25, 0.3) is 5.69 Å². The van der Waals surface area contributed by atoms with Crippen LogP contribution in [0.15, 0.2) is 124 Å². The van der Waals surface area contributed by atoms with Crippen molar-refractivity contribution in [3.63, 3.8) is 0 Å². The number of amides is 1. The van der Waals surface area contributed by atoms with E-state index < -0.39 is 15.9 Å². The normalized spacial score (nSPS) is 11.5. The molecule has 1 N–H and O–H groups in total. The summed E-state index contributed by atoms with van der Waals surface area (Å²) in [5, 5.41) is 4.24. The second-order valence-electron chi connectivity index (χ2n) is 10.0. The second kappa shape index (κ2) is 13.3. The molecule has 5 aromatic rings. The summed E-state index contributed by atoms with van der Waals surface area (Å²) in [6.45, 7) is 4.01. The molecule has 4 aromatic carbocycles. The highest BCUT2D eigenvalue weighted by atomic mass is 79.9. The molecule has 0 aliphatic heterocycles. The fraction of sp³-hybridized carbons (Fsp3) is 0.118. The fourth-order valence-corrected chi connectivity index (χ4v) is 6.67. The summed E-state index contributed by atoms with van der Waals surface area (Å²) in [4.78, 5) is 13.6. The lowest BCUT2D eigenvalue weighted by Crippen LogP contribution is -2.33. The fourth-order valence-electron chi connectivity index (χ4n) is 4.93. The molecule has 44 heavy (non-hydrogen) atoms. The molecule has 0 spiro atoms. The van der Waals surface area contributed by atoms with Crippen molar-refractivity contribution in [1.82, 2.24) is 9.99 Å². The van der Waals surface area contributed by atoms with Gasteiger partial charge in [-0.3, -0.25) is 9.10 Å². The number of hydrogen-bond acceptors (Lipinski definition) is 5. The number of nitrogens with one attached hydrogen (secondary N) is 1. The van der Waals surface area contributed by atoms with E-state index in [1.165, 1.54) is 23.5 Å². The topological polar surface area (TPSA) is 93.0 Å². The molecular formula is C34H31BrN4O4S. The van der Waals surface area contributed by atoms with Gasteiger partial charge in [-0.15, -0.1) is 0 Å². The SMILES string of the molecule is COc1ccc(S(=O)(=O)N(Cc2ccccc2)c2ccccc2C(=O)N/N=C\c2cc(C)n(-c3ccc(Br)cc3)c2C)cc1. The number of ether oxygens (including phenoxy) is 1. The Morgan fingerprint density at radius 1 is 0.932 bits per heavy atom. The standard InChI is InChI=1S/C34H31BrN4O4S/c1-24-21-27(25(2)39(24)29-15-13-28(35)14-16-29)22-36-37-34(40)32-11-7-8-12-33(32)38(23-26-9-5-4-6-10-26)44(41,42)31-19-17-30(43-3)18-20-31/h4-22H,23H2,1-3H3,(H,37,40)/b36-22-. The van der Waals surface area contributed by atoms with Crippen LogP contribution in [-0.2, 0) is 16.6 Å². The number of carbonyl (C=O) groups excluding carboxylic acids is 1. The lowest BCUT2D eigenvalue weighted by Gasteiger charge is -2.26. The first-order chi connectivity index (χ1) is 21.2. The van der Waals surface area contributed by atoms with Crippen LogP contribution < -0.4 is 14.5 Å². The molecule has 1 amide bonds. The number of anilines is 1. The third-order valence-corrected chi connectivity index (χ3v) is 9.46. The number of para-hydroxylation sites is 1. The van der Waals surface area contributed by atoms with Gasteiger partial charge in [-0.05, 0) is 86.1 Å². The molecule has 0 fully saturated rings. The number of aryl methyl sites for hydroxylation is 1. The van der Waals surface area contributed by atoms with Crippen molar-refractivity contribution in [3.8, 4) is 11.4 Å². The number of methoxy groups -OCH3 is 1. The Kier molecular flexibility index (Phi) is 9.32. The predicted molar refractivity (Wildman–Crippen MR) is 177 cm³/mol. The van der Waals surface area contributed by atoms with Crippen LogP contribution in [0.1, 0.15) is 32.9 Å². The minimum absolute atomic E-state index is 0.0187. The molecule has 8 nitrogen and oxygen atoms in total. The minimum Gasteiger partial charge on any atom is -0.497 e. The Morgan fingerprint density at radius 3 is 2.27 bits per heavy atom. The molecule has 1 heterocycles. The maximum absolute atomic E-state index is 14.0. The largest absolute Gasteiger partial charge is 0.497 e. The zero-order valence-electron chi connectivity index (χ0n) is 24.4. The highest BCUT2D eigenvalue weighted by Gasteiger charge is 2.28. The molecule has 0 saturated heterocycles. The van der Waals surface area contributed by atoms with Gasteiger partial charge in [-0.1, -0.05) is 58.4 Å². The maximum Gasteiger partial charge on any atom is 0.273 e. The van der Waals surface area contributed by atoms with Crippen molar-refractivity contribution in [1.29, 1.82) is 0 Å². The van der Waals surface area contributed by atoms with Crippen LogP contribution in [0, 0.1) is 13.8 Å². The zero-order valence-corrected chi connectivity index (χ0v) is 26.8. The van der Waals surface area contributed by atoms with Gasteiger partial charge in [0.15, 0.2) is 0 Å². The van der Waals surface area contributed by atoms with Crippen LogP contribution in [0.3, 0.4) is 0 Å². The molecule has 1 aromatic heterocycles. The van der Waals surface area contributed by atoms with E-state index >= 15 is 0 Å². The van der Waals surface area contributed by atoms with E-state index in [0.717, 1.165) is 32.7 Å². The molecule has 0 bridgehead atoms. The number of hydrogen-bond donors (Lipinski definition) is 1. The van der Waals surface area contributed by atoms with Crippen LogP contribution in [0.5, 0.6) is 5.75 Å². The number of aromatic nitrogens is 1. The summed E-state index contributed by atoms with van der Waals surface area (Å²) in [5.74, 6) is -0.00428. The number of hydrazone groups is 1. The van der Waals surface area contributed by atoms with Crippen molar-refractivity contribution in [3.05, 3.63) is 142 Å². The van der Waals surface area contributed by atoms with E-state index in [1.807, 2.05) is 74.5 Å². The highest BCUT2D eigenvalue weighted by Crippen LogP contribution is 2.30. The quantitative estimate of drug-likeness (QED) is 0.128. The number of carbonyl (C=O) groups is 1. The Labute approximate surface area is 265 Å². The second-order valence-corrected chi connectivity index (χ2v) is 12.8. The predicted octanol–water partition coefficient (Wildman–Crippen LogP) is 7.02. The summed E-state index contributed by atoms with van der Waals surface area (Å²) in [7, 11) is -2.56. The average molecular weight is 672 g/mol. The monoisotopic (exact) mass is 670 g/mol. The highest BCUT2D eigenvalue weighted by molar-refractivity contribution is 9.10. The van der Waals surface area contributed by atoms with Crippen molar-refractivity contribution >= 4 is 43.8 Å². The van der Waals surface area contributed by atoms with Crippen LogP contribution in [0.2, 0.25) is 0 Å². The van der Waals surface area contributed by atoms with Crippen molar-refractivity contribution in [2.75, 3.05) is 11.4 Å². The summed E-state index contributed by atoms with van der Waals surface area (Å²) < 4.78 is 37.6. The first kappa shape index (κ1) is 30.8. The molecule has 0 atom stereocenters. The average Bonchev–Trinajstić information content (AvgIpc) is 3.32. The van der Waals surface area contributed by atoms with Gasteiger partial charge < -0.3 is 9.30 Å². The summed E-state index contributed by atoms with van der Waals surface area (Å²) in [6, 6.07) is 32.0. The summed E-state index contributed by atoms with van der Waals surface area (Å²) >= 11 is 3.47. The Hall–Kier alpha value is -4.67.